The van der Waals surface area contributed by atoms with E-state index in [1.165, 1.54) is 23.3 Å². The summed E-state index contributed by atoms with van der Waals surface area (Å²) in [6.07, 6.45) is 1.66. The van der Waals surface area contributed by atoms with Crippen LogP contribution >= 0.6 is 11.3 Å². The van der Waals surface area contributed by atoms with Gasteiger partial charge in [-0.1, -0.05) is 30.3 Å². The number of carbonyl (C=O) groups excluding carboxylic acids is 3. The second-order valence-electron chi connectivity index (χ2n) is 6.17. The molecule has 2 aromatic rings. The van der Waals surface area contributed by atoms with Crippen molar-refractivity contribution in [2.75, 3.05) is 14.1 Å². The summed E-state index contributed by atoms with van der Waals surface area (Å²) in [6.45, 7) is 0.799. The summed E-state index contributed by atoms with van der Waals surface area (Å²) >= 11 is 1.48. The van der Waals surface area contributed by atoms with Crippen LogP contribution in [0.1, 0.15) is 17.0 Å². The Morgan fingerprint density at radius 2 is 1.92 bits per heavy atom. The number of likely N-dealkylation sites (N-methyl/N-ethyl adjacent to an activating group) is 2. The van der Waals surface area contributed by atoms with E-state index in [2.05, 4.69) is 4.98 Å². The number of imide groups is 1. The van der Waals surface area contributed by atoms with Gasteiger partial charge in [-0.3, -0.25) is 14.5 Å². The van der Waals surface area contributed by atoms with Crippen LogP contribution in [0.3, 0.4) is 0 Å². The molecule has 8 heteroatoms. The average molecular weight is 372 g/mol. The van der Waals surface area contributed by atoms with Gasteiger partial charge in [-0.05, 0) is 5.56 Å². The molecule has 0 N–H and O–H groups in total. The van der Waals surface area contributed by atoms with Crippen molar-refractivity contribution in [3.05, 3.63) is 52.5 Å². The van der Waals surface area contributed by atoms with Gasteiger partial charge in [-0.15, -0.1) is 11.3 Å². The number of rotatable bonds is 6. The minimum atomic E-state index is -0.755. The first-order valence-electron chi connectivity index (χ1n) is 8.22. The molecule has 1 saturated heterocycles. The Morgan fingerprint density at radius 1 is 1.19 bits per heavy atom. The number of nitrogens with zero attached hydrogens (tertiary/aromatic N) is 4. The molecule has 1 fully saturated rings. The smallest absolute Gasteiger partial charge is 0.326 e. The van der Waals surface area contributed by atoms with Crippen LogP contribution in [0.2, 0.25) is 0 Å². The molecule has 7 nitrogen and oxygen atoms in total. The fraction of sp³-hybridized carbons (Fsp3) is 0.333. The topological polar surface area (TPSA) is 73.8 Å². The predicted molar refractivity (Wildman–Crippen MR) is 97.1 cm³/mol. The molecule has 1 aromatic carbocycles. The van der Waals surface area contributed by atoms with Gasteiger partial charge >= 0.3 is 6.03 Å². The van der Waals surface area contributed by atoms with Gasteiger partial charge in [0.2, 0.25) is 5.91 Å². The Kier molecular flexibility index (Phi) is 5.32. The monoisotopic (exact) mass is 372 g/mol. The van der Waals surface area contributed by atoms with Crippen molar-refractivity contribution in [3.63, 3.8) is 0 Å². The van der Waals surface area contributed by atoms with E-state index in [4.69, 9.17) is 0 Å². The Labute approximate surface area is 155 Å². The number of benzene rings is 1. The Morgan fingerprint density at radius 3 is 2.50 bits per heavy atom. The fourth-order valence-electron chi connectivity index (χ4n) is 2.90. The first-order valence-corrected chi connectivity index (χ1v) is 9.09. The molecule has 1 aromatic heterocycles. The van der Waals surface area contributed by atoms with Crippen molar-refractivity contribution in [1.29, 1.82) is 0 Å². The highest BCUT2D eigenvalue weighted by molar-refractivity contribution is 7.09. The highest BCUT2D eigenvalue weighted by atomic mass is 32.1. The molecule has 1 aliphatic heterocycles. The third kappa shape index (κ3) is 3.75. The van der Waals surface area contributed by atoms with E-state index in [9.17, 15) is 14.4 Å². The number of hydrogen-bond acceptors (Lipinski definition) is 5. The van der Waals surface area contributed by atoms with E-state index >= 15 is 0 Å². The number of hydrogen-bond donors (Lipinski definition) is 0. The summed E-state index contributed by atoms with van der Waals surface area (Å²) in [5.74, 6) is -0.530. The van der Waals surface area contributed by atoms with Crippen LogP contribution in [0, 0.1) is 0 Å². The zero-order valence-corrected chi connectivity index (χ0v) is 15.5. The quantitative estimate of drug-likeness (QED) is 0.727. The molecule has 1 atom stereocenters. The first-order chi connectivity index (χ1) is 12.5. The zero-order valence-electron chi connectivity index (χ0n) is 14.7. The average Bonchev–Trinajstić information content (AvgIpc) is 3.22. The van der Waals surface area contributed by atoms with Crippen molar-refractivity contribution in [3.8, 4) is 0 Å². The van der Waals surface area contributed by atoms with E-state index in [-0.39, 0.29) is 24.3 Å². The summed E-state index contributed by atoms with van der Waals surface area (Å²) in [7, 11) is 2.98. The first kappa shape index (κ1) is 18.1. The van der Waals surface area contributed by atoms with Crippen LogP contribution in [0.15, 0.2) is 41.9 Å². The Hall–Kier alpha value is -2.74. The van der Waals surface area contributed by atoms with Gasteiger partial charge in [-0.2, -0.15) is 0 Å². The molecule has 4 amide bonds. The van der Waals surface area contributed by atoms with Gasteiger partial charge in [0, 0.05) is 32.2 Å². The third-order valence-electron chi connectivity index (χ3n) is 4.42. The molecule has 136 valence electrons. The van der Waals surface area contributed by atoms with Gasteiger partial charge < -0.3 is 9.80 Å². The molecule has 0 bridgehead atoms. The summed E-state index contributed by atoms with van der Waals surface area (Å²) in [6, 6.07) is 8.52. The van der Waals surface area contributed by atoms with Crippen molar-refractivity contribution in [2.24, 2.45) is 0 Å². The van der Waals surface area contributed by atoms with E-state index < -0.39 is 6.04 Å². The van der Waals surface area contributed by atoms with Gasteiger partial charge in [0.15, 0.2) is 0 Å². The van der Waals surface area contributed by atoms with Crippen LogP contribution < -0.4 is 0 Å². The molecule has 0 aliphatic carbocycles. The summed E-state index contributed by atoms with van der Waals surface area (Å²) in [5.41, 5.74) is 0.997. The maximum absolute atomic E-state index is 12.9. The number of thiazole rings is 1. The minimum absolute atomic E-state index is 0.0381. The molecule has 0 spiro atoms. The molecule has 26 heavy (non-hydrogen) atoms. The van der Waals surface area contributed by atoms with Crippen LogP contribution in [-0.2, 0) is 22.7 Å². The standard InChI is InChI=1S/C18H20N4O3S/c1-20-14(17(24)21(2)18(20)25)10-16(23)22(12-15-19-8-9-26-15)11-13-6-4-3-5-7-13/h3-9,14H,10-12H2,1-2H3. The molecule has 0 saturated carbocycles. The summed E-state index contributed by atoms with van der Waals surface area (Å²) < 4.78 is 0. The number of aromatic nitrogens is 1. The molecular weight excluding hydrogens is 352 g/mol. The summed E-state index contributed by atoms with van der Waals surface area (Å²) in [4.78, 5) is 45.4. The lowest BCUT2D eigenvalue weighted by molar-refractivity contribution is -0.137. The lowest BCUT2D eigenvalue weighted by Crippen LogP contribution is -2.39. The van der Waals surface area contributed by atoms with E-state index in [0.29, 0.717) is 13.1 Å². The Balaban J connectivity index is 1.76. The molecule has 1 unspecified atom stereocenters. The van der Waals surface area contributed by atoms with Crippen molar-refractivity contribution in [2.45, 2.75) is 25.6 Å². The van der Waals surface area contributed by atoms with Crippen LogP contribution in [0.5, 0.6) is 0 Å². The van der Waals surface area contributed by atoms with Gasteiger partial charge in [0.1, 0.15) is 11.0 Å². The third-order valence-corrected chi connectivity index (χ3v) is 5.18. The number of amides is 4. The van der Waals surface area contributed by atoms with Gasteiger partial charge in [-0.25, -0.2) is 9.78 Å². The normalized spacial score (nSPS) is 17.1. The highest BCUT2D eigenvalue weighted by Crippen LogP contribution is 2.20. The van der Waals surface area contributed by atoms with Crippen LogP contribution in [0.4, 0.5) is 4.79 Å². The lowest BCUT2D eigenvalue weighted by Gasteiger charge is -2.24. The second kappa shape index (κ2) is 7.65. The SMILES string of the molecule is CN1C(=O)C(CC(=O)N(Cc2ccccc2)Cc2nccs2)N(C)C1=O. The van der Waals surface area contributed by atoms with Crippen LogP contribution in [0.25, 0.3) is 0 Å². The fourth-order valence-corrected chi connectivity index (χ4v) is 3.53. The van der Waals surface area contributed by atoms with E-state index in [0.717, 1.165) is 15.5 Å². The van der Waals surface area contributed by atoms with E-state index in [1.54, 1.807) is 18.1 Å². The number of urea groups is 1. The van der Waals surface area contributed by atoms with E-state index in [1.807, 2.05) is 35.7 Å². The molecule has 0 radical (unpaired) electrons. The summed E-state index contributed by atoms with van der Waals surface area (Å²) in [5, 5.41) is 2.69. The molecule has 2 heterocycles. The molecule has 1 aliphatic rings. The highest BCUT2D eigenvalue weighted by Gasteiger charge is 2.42. The zero-order chi connectivity index (χ0) is 18.7. The predicted octanol–water partition coefficient (Wildman–Crippen LogP) is 1.95. The Bertz CT molecular complexity index is 794. The van der Waals surface area contributed by atoms with Crippen molar-refractivity contribution in [1.82, 2.24) is 19.7 Å². The maximum atomic E-state index is 12.9. The lowest BCUT2D eigenvalue weighted by atomic mass is 10.1. The van der Waals surface area contributed by atoms with Gasteiger partial charge in [0.25, 0.3) is 5.91 Å². The van der Waals surface area contributed by atoms with Crippen molar-refractivity contribution >= 4 is 29.2 Å². The largest absolute Gasteiger partial charge is 0.332 e. The van der Waals surface area contributed by atoms with Crippen molar-refractivity contribution < 1.29 is 14.4 Å². The molecule has 3 rings (SSSR count). The number of carbonyl (C=O) groups is 3. The van der Waals surface area contributed by atoms with Crippen LogP contribution in [-0.4, -0.2) is 57.7 Å². The van der Waals surface area contributed by atoms with Gasteiger partial charge in [0.05, 0.1) is 13.0 Å². The maximum Gasteiger partial charge on any atom is 0.326 e. The molecular formula is C18H20N4O3S. The second-order valence-corrected chi connectivity index (χ2v) is 7.15. The minimum Gasteiger partial charge on any atom is -0.332 e.